The number of carboxylic acids is 1. The highest BCUT2D eigenvalue weighted by atomic mass is 16.4. The van der Waals surface area contributed by atoms with E-state index in [0.29, 0.717) is 12.2 Å². The number of amides is 1. The van der Waals surface area contributed by atoms with E-state index in [1.54, 1.807) is 0 Å². The zero-order chi connectivity index (χ0) is 6.57. The lowest BCUT2D eigenvalue weighted by Crippen LogP contribution is -1.93. The Morgan fingerprint density at radius 1 is 1.38 bits per heavy atom. The minimum absolute atomic E-state index is 0.620. The molecule has 43 valence electrons. The first kappa shape index (κ1) is 6.68. The highest BCUT2D eigenvalue weighted by Gasteiger charge is 1.87. The zero-order valence-electron chi connectivity index (χ0n) is 3.92. The fourth-order valence-corrected chi connectivity index (χ4v) is 0.147. The third-order valence-electron chi connectivity index (χ3n) is 0.377. The Labute approximate surface area is 45.6 Å². The van der Waals surface area contributed by atoms with E-state index in [4.69, 9.17) is 10.8 Å². The number of rotatable bonds is 2. The molecule has 0 bridgehead atoms. The molecular weight excluding hydrogens is 110 g/mol. The molecule has 4 nitrogen and oxygen atoms in total. The second-order valence-electron chi connectivity index (χ2n) is 1.04. The number of hydrogen-bond acceptors (Lipinski definition) is 2. The maximum absolute atomic E-state index is 9.66. The van der Waals surface area contributed by atoms with Crippen LogP contribution in [0.1, 0.15) is 0 Å². The molecule has 4 heteroatoms. The van der Waals surface area contributed by atoms with Crippen molar-refractivity contribution in [2.24, 2.45) is 0 Å². The first-order valence-electron chi connectivity index (χ1n) is 1.79. The first-order chi connectivity index (χ1) is 3.63. The minimum atomic E-state index is -1.22. The summed E-state index contributed by atoms with van der Waals surface area (Å²) in [6.45, 7) is 0. The van der Waals surface area contributed by atoms with Crippen molar-refractivity contribution in [3.8, 4) is 0 Å². The normalized spacial score (nSPS) is 9.50. The monoisotopic (exact) mass is 114 g/mol. The molecule has 0 fully saturated rings. The van der Waals surface area contributed by atoms with Crippen molar-refractivity contribution in [3.63, 3.8) is 0 Å². The molecule has 0 aliphatic rings. The fraction of sp³-hybridized carbons (Fsp3) is 0. The SMILES string of the molecule is [NH]C(=O)/C=C/C(=O)O. The average Bonchev–Trinajstić information content (AvgIpc) is 1.61. The Kier molecular flexibility index (Phi) is 2.33. The Bertz CT molecular complexity index is 122. The maximum Gasteiger partial charge on any atom is 0.328 e. The predicted molar refractivity (Wildman–Crippen MR) is 24.9 cm³/mol. The highest BCUT2D eigenvalue weighted by Crippen LogP contribution is 1.69. The summed E-state index contributed by atoms with van der Waals surface area (Å²) in [6.07, 6.45) is 1.29. The predicted octanol–water partition coefficient (Wildman–Crippen LogP) is -0.563. The van der Waals surface area contributed by atoms with Gasteiger partial charge in [-0.2, -0.15) is 0 Å². The van der Waals surface area contributed by atoms with Crippen LogP contribution in [0.25, 0.3) is 0 Å². The van der Waals surface area contributed by atoms with Crippen LogP contribution in [0, 0.1) is 0 Å². The topological polar surface area (TPSA) is 78.2 Å². The lowest BCUT2D eigenvalue weighted by molar-refractivity contribution is -0.131. The van der Waals surface area contributed by atoms with Gasteiger partial charge in [0.1, 0.15) is 0 Å². The Balaban J connectivity index is 3.67. The van der Waals surface area contributed by atoms with Crippen molar-refractivity contribution >= 4 is 11.9 Å². The van der Waals surface area contributed by atoms with Crippen LogP contribution in [0.5, 0.6) is 0 Å². The molecule has 0 spiro atoms. The average molecular weight is 114 g/mol. The molecule has 0 aromatic carbocycles. The fourth-order valence-electron chi connectivity index (χ4n) is 0.147. The van der Waals surface area contributed by atoms with Gasteiger partial charge in [-0.3, -0.25) is 10.5 Å². The Hall–Kier alpha value is -1.32. The summed E-state index contributed by atoms with van der Waals surface area (Å²) < 4.78 is 0. The van der Waals surface area contributed by atoms with Gasteiger partial charge in [0.2, 0.25) is 0 Å². The molecule has 0 aliphatic heterocycles. The van der Waals surface area contributed by atoms with Gasteiger partial charge in [0.05, 0.1) is 0 Å². The number of aliphatic carboxylic acids is 1. The maximum atomic E-state index is 9.66. The summed E-state index contributed by atoms with van der Waals surface area (Å²) in [7, 11) is 0. The zero-order valence-corrected chi connectivity index (χ0v) is 3.92. The van der Waals surface area contributed by atoms with Gasteiger partial charge in [-0.25, -0.2) is 4.79 Å². The molecule has 0 saturated carbocycles. The molecule has 0 heterocycles. The molecule has 0 aromatic rings. The number of carbonyl (C=O) groups excluding carboxylic acids is 1. The third kappa shape index (κ3) is 4.68. The van der Waals surface area contributed by atoms with Crippen LogP contribution in [-0.2, 0) is 9.59 Å². The van der Waals surface area contributed by atoms with Gasteiger partial charge >= 0.3 is 5.97 Å². The number of carboxylic acid groups (broad SMARTS) is 1. The summed E-state index contributed by atoms with van der Waals surface area (Å²) in [5, 5.41) is 7.84. The second kappa shape index (κ2) is 2.79. The molecule has 0 unspecified atom stereocenters. The molecule has 1 radical (unpaired) electrons. The molecule has 8 heavy (non-hydrogen) atoms. The largest absolute Gasteiger partial charge is 0.478 e. The van der Waals surface area contributed by atoms with Crippen molar-refractivity contribution in [2.45, 2.75) is 0 Å². The molecule has 0 rings (SSSR count). The van der Waals surface area contributed by atoms with Gasteiger partial charge < -0.3 is 5.11 Å². The van der Waals surface area contributed by atoms with E-state index in [0.717, 1.165) is 0 Å². The first-order valence-corrected chi connectivity index (χ1v) is 1.79. The van der Waals surface area contributed by atoms with E-state index < -0.39 is 11.9 Å². The standard InChI is InChI=1S/C4H4NO3/c5-3(6)1-2-4(7)8/h1-2,5H,(H,7,8)/b2-1+. The van der Waals surface area contributed by atoms with E-state index >= 15 is 0 Å². The van der Waals surface area contributed by atoms with Crippen molar-refractivity contribution in [1.29, 1.82) is 0 Å². The van der Waals surface area contributed by atoms with E-state index in [1.165, 1.54) is 0 Å². The minimum Gasteiger partial charge on any atom is -0.478 e. The Morgan fingerprint density at radius 3 is 2.00 bits per heavy atom. The van der Waals surface area contributed by atoms with Gasteiger partial charge in [0, 0.05) is 12.2 Å². The Morgan fingerprint density at radius 2 is 1.88 bits per heavy atom. The van der Waals surface area contributed by atoms with Crippen LogP contribution >= 0.6 is 0 Å². The molecule has 2 N–H and O–H groups in total. The molecule has 1 amide bonds. The van der Waals surface area contributed by atoms with Crippen LogP contribution in [0.2, 0.25) is 0 Å². The lowest BCUT2D eigenvalue weighted by atomic mass is 10.5. The molecule has 0 saturated heterocycles. The van der Waals surface area contributed by atoms with Gasteiger partial charge in [0.15, 0.2) is 0 Å². The lowest BCUT2D eigenvalue weighted by Gasteiger charge is -1.73. The summed E-state index contributed by atoms with van der Waals surface area (Å²) in [6, 6.07) is 0. The quantitative estimate of drug-likeness (QED) is 0.488. The van der Waals surface area contributed by atoms with E-state index in [1.807, 2.05) is 0 Å². The summed E-state index contributed by atoms with van der Waals surface area (Å²) >= 11 is 0. The van der Waals surface area contributed by atoms with Crippen LogP contribution in [0.15, 0.2) is 12.2 Å². The molecule has 0 aliphatic carbocycles. The van der Waals surface area contributed by atoms with Crippen molar-refractivity contribution in [3.05, 3.63) is 12.2 Å². The van der Waals surface area contributed by atoms with E-state index in [9.17, 15) is 9.59 Å². The molecule has 0 atom stereocenters. The van der Waals surface area contributed by atoms with E-state index in [2.05, 4.69) is 0 Å². The van der Waals surface area contributed by atoms with Crippen LogP contribution < -0.4 is 5.73 Å². The van der Waals surface area contributed by atoms with Gasteiger partial charge in [0.25, 0.3) is 5.91 Å². The number of carbonyl (C=O) groups is 2. The second-order valence-corrected chi connectivity index (χ2v) is 1.04. The molecular formula is C4H4NO3. The van der Waals surface area contributed by atoms with Crippen molar-refractivity contribution in [1.82, 2.24) is 5.73 Å². The number of hydrogen-bond donors (Lipinski definition) is 1. The molecule has 0 aromatic heterocycles. The summed E-state index contributed by atoms with van der Waals surface area (Å²) in [4.78, 5) is 19.2. The number of nitrogens with one attached hydrogen (secondary N) is 1. The van der Waals surface area contributed by atoms with Crippen molar-refractivity contribution < 1.29 is 14.7 Å². The van der Waals surface area contributed by atoms with Crippen LogP contribution in [0.4, 0.5) is 0 Å². The van der Waals surface area contributed by atoms with Crippen LogP contribution in [0.3, 0.4) is 0 Å². The van der Waals surface area contributed by atoms with Gasteiger partial charge in [-0.05, 0) is 0 Å². The summed E-state index contributed by atoms with van der Waals surface area (Å²) in [5.74, 6) is -2.22. The summed E-state index contributed by atoms with van der Waals surface area (Å²) in [5.41, 5.74) is 6.18. The van der Waals surface area contributed by atoms with E-state index in [-0.39, 0.29) is 0 Å². The van der Waals surface area contributed by atoms with Gasteiger partial charge in [-0.1, -0.05) is 0 Å². The van der Waals surface area contributed by atoms with Crippen molar-refractivity contribution in [2.75, 3.05) is 0 Å². The van der Waals surface area contributed by atoms with Crippen LogP contribution in [-0.4, -0.2) is 17.0 Å². The van der Waals surface area contributed by atoms with Gasteiger partial charge in [-0.15, -0.1) is 0 Å². The third-order valence-corrected chi connectivity index (χ3v) is 0.377. The highest BCUT2D eigenvalue weighted by molar-refractivity contribution is 5.92. The smallest absolute Gasteiger partial charge is 0.328 e.